The third kappa shape index (κ3) is 5.54. The number of aromatic nitrogens is 3. The highest BCUT2D eigenvalue weighted by molar-refractivity contribution is 7.20. The van der Waals surface area contributed by atoms with Crippen molar-refractivity contribution >= 4 is 33.1 Å². The molecule has 3 heterocycles. The summed E-state index contributed by atoms with van der Waals surface area (Å²) in [5.41, 5.74) is 13.0. The van der Waals surface area contributed by atoms with Gasteiger partial charge < -0.3 is 16.4 Å². The Hall–Kier alpha value is -3.81. The Morgan fingerprint density at radius 3 is 2.26 bits per heavy atom. The van der Waals surface area contributed by atoms with Crippen LogP contribution in [-0.4, -0.2) is 34.6 Å². The Morgan fingerprint density at radius 2 is 1.61 bits per heavy atom. The van der Waals surface area contributed by atoms with Gasteiger partial charge in [-0.1, -0.05) is 63.2 Å². The number of hydrogen-bond donors (Lipinski definition) is 3. The Kier molecular flexibility index (Phi) is 7.40. The van der Waals surface area contributed by atoms with E-state index < -0.39 is 0 Å². The molecule has 3 aromatic heterocycles. The standard InChI is InChI=1S/C31H34N6S/c1-31(2,3)28-25(21-10-12-24(33-4)13-11-21)26-27(38-28)30(37-29(36-26)22-14-16-34-17-15-22)35-19-23(32)18-20-8-6-5-7-9-20/h5-17,23,33H,18-19,32H2,1-4H3,(H,35,36,37). The molecule has 0 aliphatic carbocycles. The molecular weight excluding hydrogens is 488 g/mol. The predicted molar refractivity (Wildman–Crippen MR) is 161 cm³/mol. The zero-order valence-electron chi connectivity index (χ0n) is 22.3. The first-order valence-electron chi connectivity index (χ1n) is 12.9. The van der Waals surface area contributed by atoms with Crippen LogP contribution in [0.1, 0.15) is 31.2 Å². The maximum Gasteiger partial charge on any atom is 0.162 e. The van der Waals surface area contributed by atoms with Gasteiger partial charge in [0.1, 0.15) is 5.82 Å². The number of pyridine rings is 1. The van der Waals surface area contributed by atoms with E-state index in [4.69, 9.17) is 15.7 Å². The number of nitrogens with zero attached hydrogens (tertiary/aromatic N) is 3. The Labute approximate surface area is 228 Å². The molecule has 5 aromatic rings. The first-order chi connectivity index (χ1) is 18.3. The lowest BCUT2D eigenvalue weighted by atomic mass is 9.89. The van der Waals surface area contributed by atoms with Crippen molar-refractivity contribution in [2.45, 2.75) is 38.6 Å². The zero-order chi connectivity index (χ0) is 26.7. The average molecular weight is 523 g/mol. The van der Waals surface area contributed by atoms with Crippen molar-refractivity contribution in [1.29, 1.82) is 0 Å². The largest absolute Gasteiger partial charge is 0.388 e. The number of nitrogens with one attached hydrogen (secondary N) is 2. The van der Waals surface area contributed by atoms with E-state index in [0.717, 1.165) is 44.8 Å². The third-order valence-electron chi connectivity index (χ3n) is 6.49. The quantitative estimate of drug-likeness (QED) is 0.209. The molecule has 0 bridgehead atoms. The van der Waals surface area contributed by atoms with Crippen molar-refractivity contribution in [3.05, 3.63) is 89.6 Å². The van der Waals surface area contributed by atoms with Crippen LogP contribution >= 0.6 is 11.3 Å². The lowest BCUT2D eigenvalue weighted by Crippen LogP contribution is -2.31. The minimum Gasteiger partial charge on any atom is -0.388 e. The van der Waals surface area contributed by atoms with E-state index in [2.05, 4.69) is 84.9 Å². The summed E-state index contributed by atoms with van der Waals surface area (Å²) in [6, 6.07) is 22.8. The first kappa shape index (κ1) is 25.8. The predicted octanol–water partition coefficient (Wildman–Crippen LogP) is 6.74. The molecule has 1 atom stereocenters. The number of anilines is 2. The topological polar surface area (TPSA) is 88.8 Å². The lowest BCUT2D eigenvalue weighted by molar-refractivity contribution is 0.605. The molecule has 4 N–H and O–H groups in total. The van der Waals surface area contributed by atoms with Crippen LogP contribution < -0.4 is 16.4 Å². The lowest BCUT2D eigenvalue weighted by Gasteiger charge is -2.19. The van der Waals surface area contributed by atoms with Crippen molar-refractivity contribution in [3.63, 3.8) is 0 Å². The summed E-state index contributed by atoms with van der Waals surface area (Å²) in [6.07, 6.45) is 4.34. The van der Waals surface area contributed by atoms with Gasteiger partial charge in [-0.15, -0.1) is 11.3 Å². The van der Waals surface area contributed by atoms with E-state index in [0.29, 0.717) is 12.4 Å². The summed E-state index contributed by atoms with van der Waals surface area (Å²) in [5.74, 6) is 1.49. The molecular formula is C31H34N6S. The summed E-state index contributed by atoms with van der Waals surface area (Å²) in [4.78, 5) is 15.6. The Balaban J connectivity index is 1.62. The van der Waals surface area contributed by atoms with Gasteiger partial charge in [0, 0.05) is 53.7 Å². The number of hydrogen-bond acceptors (Lipinski definition) is 7. The molecule has 0 spiro atoms. The second-order valence-electron chi connectivity index (χ2n) is 10.5. The summed E-state index contributed by atoms with van der Waals surface area (Å²) in [6.45, 7) is 7.36. The molecule has 194 valence electrons. The third-order valence-corrected chi connectivity index (χ3v) is 8.10. The summed E-state index contributed by atoms with van der Waals surface area (Å²) >= 11 is 1.77. The van der Waals surface area contributed by atoms with E-state index >= 15 is 0 Å². The van der Waals surface area contributed by atoms with Crippen LogP contribution in [0.3, 0.4) is 0 Å². The Bertz CT molecular complexity index is 1510. The maximum atomic E-state index is 6.55. The molecule has 7 heteroatoms. The first-order valence-corrected chi connectivity index (χ1v) is 13.7. The van der Waals surface area contributed by atoms with Crippen LogP contribution in [0.25, 0.3) is 32.7 Å². The molecule has 0 saturated heterocycles. The van der Waals surface area contributed by atoms with Crippen molar-refractivity contribution in [3.8, 4) is 22.5 Å². The highest BCUT2D eigenvalue weighted by Crippen LogP contribution is 2.46. The fraction of sp³-hybridized carbons (Fsp3) is 0.258. The summed E-state index contributed by atoms with van der Waals surface area (Å²) < 4.78 is 1.05. The van der Waals surface area contributed by atoms with Gasteiger partial charge in [-0.25, -0.2) is 9.97 Å². The van der Waals surface area contributed by atoms with Gasteiger partial charge >= 0.3 is 0 Å². The van der Waals surface area contributed by atoms with Crippen molar-refractivity contribution < 1.29 is 0 Å². The summed E-state index contributed by atoms with van der Waals surface area (Å²) in [5, 5.41) is 6.80. The molecule has 2 aromatic carbocycles. The number of nitrogens with two attached hydrogens (primary N) is 1. The number of rotatable bonds is 8. The highest BCUT2D eigenvalue weighted by Gasteiger charge is 2.27. The molecule has 1 unspecified atom stereocenters. The molecule has 0 radical (unpaired) electrons. The molecule has 0 aliphatic rings. The van der Waals surface area contributed by atoms with Crippen LogP contribution in [-0.2, 0) is 11.8 Å². The molecule has 0 saturated carbocycles. The van der Waals surface area contributed by atoms with Crippen LogP contribution in [0.4, 0.5) is 11.5 Å². The van der Waals surface area contributed by atoms with Gasteiger partial charge in [-0.2, -0.15) is 0 Å². The van der Waals surface area contributed by atoms with E-state index in [-0.39, 0.29) is 11.5 Å². The van der Waals surface area contributed by atoms with Gasteiger partial charge in [-0.3, -0.25) is 4.98 Å². The molecule has 0 amide bonds. The van der Waals surface area contributed by atoms with Crippen molar-refractivity contribution in [2.24, 2.45) is 5.73 Å². The second kappa shape index (κ2) is 10.9. The monoisotopic (exact) mass is 522 g/mol. The van der Waals surface area contributed by atoms with E-state index in [1.54, 1.807) is 23.7 Å². The zero-order valence-corrected chi connectivity index (χ0v) is 23.1. The molecule has 38 heavy (non-hydrogen) atoms. The smallest absolute Gasteiger partial charge is 0.162 e. The molecule has 5 rings (SSSR count). The molecule has 0 fully saturated rings. The fourth-order valence-electron chi connectivity index (χ4n) is 4.54. The van der Waals surface area contributed by atoms with Gasteiger partial charge in [0.05, 0.1) is 10.2 Å². The summed E-state index contributed by atoms with van der Waals surface area (Å²) in [7, 11) is 1.93. The van der Waals surface area contributed by atoms with Gasteiger partial charge in [0.15, 0.2) is 5.82 Å². The van der Waals surface area contributed by atoms with E-state index in [9.17, 15) is 0 Å². The number of thiophene rings is 1. The maximum absolute atomic E-state index is 6.55. The van der Waals surface area contributed by atoms with Gasteiger partial charge in [0.2, 0.25) is 0 Å². The number of fused-ring (bicyclic) bond motifs is 1. The highest BCUT2D eigenvalue weighted by atomic mass is 32.1. The van der Waals surface area contributed by atoms with Crippen molar-refractivity contribution in [1.82, 2.24) is 15.0 Å². The minimum atomic E-state index is -0.0693. The molecule has 0 aliphatic heterocycles. The average Bonchev–Trinajstić information content (AvgIpc) is 3.33. The fourth-order valence-corrected chi connectivity index (χ4v) is 5.83. The van der Waals surface area contributed by atoms with Crippen molar-refractivity contribution in [2.75, 3.05) is 24.2 Å². The van der Waals surface area contributed by atoms with E-state index in [1.165, 1.54) is 10.4 Å². The van der Waals surface area contributed by atoms with Crippen LogP contribution in [0.2, 0.25) is 0 Å². The van der Waals surface area contributed by atoms with Gasteiger partial charge in [-0.05, 0) is 47.2 Å². The second-order valence-corrected chi connectivity index (χ2v) is 11.5. The number of benzene rings is 2. The van der Waals surface area contributed by atoms with Crippen LogP contribution in [0, 0.1) is 0 Å². The molecule has 6 nitrogen and oxygen atoms in total. The SMILES string of the molecule is CNc1ccc(-c2c(C(C)(C)C)sc3c(NCC(N)Cc4ccccc4)nc(-c4ccncc4)nc23)cc1. The van der Waals surface area contributed by atoms with Crippen LogP contribution in [0.5, 0.6) is 0 Å². The van der Waals surface area contributed by atoms with Gasteiger partial charge in [0.25, 0.3) is 0 Å². The van der Waals surface area contributed by atoms with E-state index in [1.807, 2.05) is 25.2 Å². The Morgan fingerprint density at radius 1 is 0.895 bits per heavy atom. The van der Waals surface area contributed by atoms with Crippen LogP contribution in [0.15, 0.2) is 79.1 Å². The normalized spacial score (nSPS) is 12.4. The minimum absolute atomic E-state index is 0.0533.